The summed E-state index contributed by atoms with van der Waals surface area (Å²) in [5, 5.41) is 0.204. The highest BCUT2D eigenvalue weighted by Gasteiger charge is 2.11. The summed E-state index contributed by atoms with van der Waals surface area (Å²) in [5.41, 5.74) is 0. The minimum atomic E-state index is -3.22. The van der Waals surface area contributed by atoms with E-state index < -0.39 is 9.84 Å². The zero-order valence-electron chi connectivity index (χ0n) is 6.88. The van der Waals surface area contributed by atoms with Gasteiger partial charge in [-0.1, -0.05) is 0 Å². The molecule has 6 heteroatoms. The van der Waals surface area contributed by atoms with E-state index in [-0.39, 0.29) is 5.03 Å². The zero-order valence-corrected chi connectivity index (χ0v) is 7.69. The molecule has 0 unspecified atom stereocenters. The monoisotopic (exact) mass is 197 g/mol. The third kappa shape index (κ3) is 1.29. The van der Waals surface area contributed by atoms with Gasteiger partial charge in [0.1, 0.15) is 5.03 Å². The Hall–Kier alpha value is -1.43. The first-order valence-corrected chi connectivity index (χ1v) is 5.46. The van der Waals surface area contributed by atoms with Crippen molar-refractivity contribution in [3.63, 3.8) is 0 Å². The van der Waals surface area contributed by atoms with Crippen LogP contribution in [0.1, 0.15) is 0 Å². The van der Waals surface area contributed by atoms with Crippen molar-refractivity contribution in [2.45, 2.75) is 5.03 Å². The Morgan fingerprint density at radius 1 is 1.31 bits per heavy atom. The van der Waals surface area contributed by atoms with E-state index in [2.05, 4.69) is 9.97 Å². The Bertz CT molecular complexity index is 544. The van der Waals surface area contributed by atoms with Crippen LogP contribution in [-0.4, -0.2) is 29.0 Å². The summed E-state index contributed by atoms with van der Waals surface area (Å²) in [4.78, 5) is 7.78. The van der Waals surface area contributed by atoms with Crippen LogP contribution in [-0.2, 0) is 9.84 Å². The van der Waals surface area contributed by atoms with E-state index in [4.69, 9.17) is 0 Å². The molecule has 0 aliphatic heterocycles. The van der Waals surface area contributed by atoms with Gasteiger partial charge in [0.05, 0.1) is 0 Å². The van der Waals surface area contributed by atoms with Gasteiger partial charge >= 0.3 is 0 Å². The van der Waals surface area contributed by atoms with Crippen LogP contribution in [0.2, 0.25) is 0 Å². The highest BCUT2D eigenvalue weighted by molar-refractivity contribution is 7.90. The number of nitrogens with zero attached hydrogens (tertiary/aromatic N) is 3. The molecule has 5 nitrogen and oxygen atoms in total. The topological polar surface area (TPSA) is 64.3 Å². The molecule has 0 N–H and O–H groups in total. The summed E-state index contributed by atoms with van der Waals surface area (Å²) in [5.74, 6) is 0.392. The molecule has 0 aliphatic rings. The van der Waals surface area contributed by atoms with Crippen LogP contribution in [0.15, 0.2) is 29.7 Å². The van der Waals surface area contributed by atoms with Crippen LogP contribution >= 0.6 is 0 Å². The predicted octanol–water partition coefficient (Wildman–Crippen LogP) is 0.133. The summed E-state index contributed by atoms with van der Waals surface area (Å²) in [6.07, 6.45) is 5.66. The van der Waals surface area contributed by atoms with Gasteiger partial charge in [0.15, 0.2) is 9.84 Å². The van der Waals surface area contributed by atoms with E-state index in [1.165, 1.54) is 22.9 Å². The molecular weight excluding hydrogens is 190 g/mol. The van der Waals surface area contributed by atoms with Gasteiger partial charge in [-0.25, -0.2) is 18.4 Å². The standard InChI is InChI=1S/C7H7N3O2S/c1-13(11,12)6-2-3-8-7-9-4-5-10(6)7/h2-5H,1H3. The lowest BCUT2D eigenvalue weighted by Crippen LogP contribution is -2.04. The summed E-state index contributed by atoms with van der Waals surface area (Å²) in [6, 6.07) is 1.45. The second kappa shape index (κ2) is 2.53. The number of fused-ring (bicyclic) bond motifs is 1. The zero-order chi connectivity index (χ0) is 9.47. The van der Waals surface area contributed by atoms with Gasteiger partial charge in [-0.05, 0) is 6.07 Å². The van der Waals surface area contributed by atoms with Crippen LogP contribution in [0.25, 0.3) is 5.78 Å². The number of aromatic nitrogens is 3. The summed E-state index contributed by atoms with van der Waals surface area (Å²) < 4.78 is 24.0. The van der Waals surface area contributed by atoms with E-state index in [1.807, 2.05) is 0 Å². The molecule has 2 aromatic heterocycles. The fraction of sp³-hybridized carbons (Fsp3) is 0.143. The van der Waals surface area contributed by atoms with Gasteiger partial charge in [-0.3, -0.25) is 4.40 Å². The molecule has 2 aromatic rings. The minimum absolute atomic E-state index is 0.204. The molecule has 0 bridgehead atoms. The van der Waals surface area contributed by atoms with Gasteiger partial charge in [0, 0.05) is 24.8 Å². The molecule has 0 aliphatic carbocycles. The van der Waals surface area contributed by atoms with E-state index >= 15 is 0 Å². The van der Waals surface area contributed by atoms with E-state index in [9.17, 15) is 8.42 Å². The molecule has 0 radical (unpaired) electrons. The van der Waals surface area contributed by atoms with E-state index in [0.29, 0.717) is 5.78 Å². The molecule has 2 heterocycles. The Balaban J connectivity index is 2.91. The van der Waals surface area contributed by atoms with Crippen molar-refractivity contribution < 1.29 is 8.42 Å². The average molecular weight is 197 g/mol. The number of hydrogen-bond donors (Lipinski definition) is 0. The van der Waals surface area contributed by atoms with Crippen LogP contribution in [0.5, 0.6) is 0 Å². The molecule has 68 valence electrons. The SMILES string of the molecule is CS(=O)(=O)c1ccnc2nccn12. The second-order valence-electron chi connectivity index (χ2n) is 2.65. The molecule has 0 atom stereocenters. The fourth-order valence-electron chi connectivity index (χ4n) is 1.11. The molecule has 0 fully saturated rings. The maximum atomic E-state index is 11.3. The summed E-state index contributed by atoms with van der Waals surface area (Å²) in [6.45, 7) is 0. The number of sulfone groups is 1. The Morgan fingerprint density at radius 2 is 2.00 bits per heavy atom. The van der Waals surface area contributed by atoms with Gasteiger partial charge < -0.3 is 0 Å². The van der Waals surface area contributed by atoms with Crippen LogP contribution in [0, 0.1) is 0 Å². The number of hydrogen-bond acceptors (Lipinski definition) is 4. The smallest absolute Gasteiger partial charge is 0.234 e. The minimum Gasteiger partial charge on any atom is -0.274 e. The van der Waals surface area contributed by atoms with E-state index in [0.717, 1.165) is 6.26 Å². The lowest BCUT2D eigenvalue weighted by Gasteiger charge is -2.00. The highest BCUT2D eigenvalue weighted by Crippen LogP contribution is 2.08. The predicted molar refractivity (Wildman–Crippen MR) is 46.1 cm³/mol. The first-order chi connectivity index (χ1) is 6.09. The molecule has 2 rings (SSSR count). The average Bonchev–Trinajstić information content (AvgIpc) is 2.48. The third-order valence-corrected chi connectivity index (χ3v) is 2.74. The fourth-order valence-corrected chi connectivity index (χ4v) is 1.92. The van der Waals surface area contributed by atoms with Crippen molar-refractivity contribution in [1.82, 2.24) is 14.4 Å². The van der Waals surface area contributed by atoms with Crippen molar-refractivity contribution in [2.75, 3.05) is 6.26 Å². The quantitative estimate of drug-likeness (QED) is 0.610. The van der Waals surface area contributed by atoms with Crippen molar-refractivity contribution >= 4 is 15.6 Å². The maximum Gasteiger partial charge on any atom is 0.234 e. The van der Waals surface area contributed by atoms with E-state index in [1.54, 1.807) is 6.20 Å². The molecule has 0 spiro atoms. The first-order valence-electron chi connectivity index (χ1n) is 3.57. The molecule has 0 saturated heterocycles. The molecular formula is C7H7N3O2S. The normalized spacial score (nSPS) is 12.1. The van der Waals surface area contributed by atoms with Crippen molar-refractivity contribution in [3.05, 3.63) is 24.7 Å². The van der Waals surface area contributed by atoms with Crippen LogP contribution in [0.3, 0.4) is 0 Å². The maximum absolute atomic E-state index is 11.3. The van der Waals surface area contributed by atoms with Crippen molar-refractivity contribution in [1.29, 1.82) is 0 Å². The number of imidazole rings is 1. The third-order valence-electron chi connectivity index (χ3n) is 1.65. The number of rotatable bonds is 1. The van der Waals surface area contributed by atoms with Gasteiger partial charge in [0.2, 0.25) is 5.78 Å². The molecule has 0 amide bonds. The van der Waals surface area contributed by atoms with Crippen LogP contribution in [0.4, 0.5) is 0 Å². The van der Waals surface area contributed by atoms with Crippen molar-refractivity contribution in [2.24, 2.45) is 0 Å². The van der Waals surface area contributed by atoms with Crippen molar-refractivity contribution in [3.8, 4) is 0 Å². The summed E-state index contributed by atoms with van der Waals surface area (Å²) >= 11 is 0. The Kier molecular flexibility index (Phi) is 1.59. The first kappa shape index (κ1) is 8.18. The second-order valence-corrected chi connectivity index (χ2v) is 4.62. The lowest BCUT2D eigenvalue weighted by atomic mass is 10.7. The molecule has 0 saturated carbocycles. The highest BCUT2D eigenvalue weighted by atomic mass is 32.2. The van der Waals surface area contributed by atoms with Crippen LogP contribution < -0.4 is 0 Å². The summed E-state index contributed by atoms with van der Waals surface area (Å²) in [7, 11) is -3.22. The molecule has 0 aromatic carbocycles. The lowest BCUT2D eigenvalue weighted by molar-refractivity contribution is 0.596. The molecule has 13 heavy (non-hydrogen) atoms. The van der Waals surface area contributed by atoms with Gasteiger partial charge in [-0.2, -0.15) is 0 Å². The van der Waals surface area contributed by atoms with Gasteiger partial charge in [-0.15, -0.1) is 0 Å². The van der Waals surface area contributed by atoms with Gasteiger partial charge in [0.25, 0.3) is 0 Å². The Morgan fingerprint density at radius 3 is 2.69 bits per heavy atom. The largest absolute Gasteiger partial charge is 0.274 e. The Labute approximate surface area is 75.0 Å².